The zero-order valence-electron chi connectivity index (χ0n) is 51.2. The first kappa shape index (κ1) is 74.5. The molecule has 0 aromatic heterocycles. The molecule has 0 fully saturated rings. The Hall–Kier alpha value is -1.54. The number of hydrogen-bond acceptors (Lipinski definition) is 6. The van der Waals surface area contributed by atoms with Gasteiger partial charge < -0.3 is 28.8 Å². The highest BCUT2D eigenvalue weighted by atomic mass is 31.2. The summed E-state index contributed by atoms with van der Waals surface area (Å²) in [4.78, 5) is 25.5. The third kappa shape index (κ3) is 60.1. The van der Waals surface area contributed by atoms with Crippen molar-refractivity contribution in [2.24, 2.45) is 0 Å². The van der Waals surface area contributed by atoms with Crippen molar-refractivity contribution >= 4 is 13.7 Å². The number of amides is 1. The molecule has 0 saturated heterocycles. The van der Waals surface area contributed by atoms with Gasteiger partial charge in [-0.05, 0) is 70.6 Å². The van der Waals surface area contributed by atoms with Crippen molar-refractivity contribution in [3.05, 3.63) is 48.6 Å². The van der Waals surface area contributed by atoms with E-state index in [0.29, 0.717) is 17.4 Å². The van der Waals surface area contributed by atoms with E-state index in [9.17, 15) is 19.4 Å². The van der Waals surface area contributed by atoms with Gasteiger partial charge in [0.15, 0.2) is 0 Å². The van der Waals surface area contributed by atoms with E-state index in [2.05, 4.69) is 55.6 Å². The maximum Gasteiger partial charge on any atom is 0.268 e. The number of phosphoric acid groups is 1. The number of likely N-dealkylation sites (N-methyl/N-ethyl adjacent to an activating group) is 1. The number of carbonyl (C=O) groups is 1. The molecule has 0 rings (SSSR count). The Balaban J connectivity index is 4.03. The van der Waals surface area contributed by atoms with E-state index in [1.54, 1.807) is 6.08 Å². The molecule has 0 aliphatic carbocycles. The van der Waals surface area contributed by atoms with Crippen LogP contribution < -0.4 is 10.2 Å². The zero-order valence-corrected chi connectivity index (χ0v) is 52.1. The van der Waals surface area contributed by atoms with Crippen LogP contribution in [0.4, 0.5) is 0 Å². The molecule has 2 N–H and O–H groups in total. The normalized spacial score (nSPS) is 14.0. The molecule has 1 amide bonds. The maximum atomic E-state index is 13.0. The van der Waals surface area contributed by atoms with Gasteiger partial charge in [0.2, 0.25) is 5.91 Å². The monoisotopic (exact) mass is 1090 g/mol. The number of carbonyl (C=O) groups excluding carboxylic acids is 1. The molecule has 0 aliphatic rings. The number of quaternary nitrogens is 1. The molecular weight excluding hydrogens is 960 g/mol. The van der Waals surface area contributed by atoms with Gasteiger partial charge >= 0.3 is 0 Å². The fourth-order valence-electron chi connectivity index (χ4n) is 9.83. The third-order valence-electron chi connectivity index (χ3n) is 15.0. The average molecular weight is 1090 g/mol. The topological polar surface area (TPSA) is 108 Å². The second-order valence-corrected chi connectivity index (χ2v) is 25.2. The van der Waals surface area contributed by atoms with Crippen molar-refractivity contribution in [2.45, 2.75) is 334 Å². The number of aliphatic hydroxyl groups excluding tert-OH is 1. The van der Waals surface area contributed by atoms with E-state index in [-0.39, 0.29) is 12.5 Å². The van der Waals surface area contributed by atoms with Crippen molar-refractivity contribution in [1.29, 1.82) is 0 Å². The summed E-state index contributed by atoms with van der Waals surface area (Å²) in [7, 11) is 1.25. The number of hydrogen-bond donors (Lipinski definition) is 2. The smallest absolute Gasteiger partial charge is 0.268 e. The van der Waals surface area contributed by atoms with Gasteiger partial charge in [-0.2, -0.15) is 0 Å². The summed E-state index contributed by atoms with van der Waals surface area (Å²) in [6.07, 6.45) is 78.1. The Labute approximate surface area is 473 Å². The molecule has 0 saturated carbocycles. The summed E-state index contributed by atoms with van der Waals surface area (Å²) >= 11 is 0. The first-order valence-electron chi connectivity index (χ1n) is 33.0. The molecule has 448 valence electrons. The first-order chi connectivity index (χ1) is 37.0. The van der Waals surface area contributed by atoms with Crippen LogP contribution >= 0.6 is 7.82 Å². The van der Waals surface area contributed by atoms with Gasteiger partial charge in [0, 0.05) is 6.42 Å². The lowest BCUT2D eigenvalue weighted by molar-refractivity contribution is -0.870. The Morgan fingerprint density at radius 3 is 1.07 bits per heavy atom. The van der Waals surface area contributed by atoms with Crippen molar-refractivity contribution in [3.8, 4) is 0 Å². The van der Waals surface area contributed by atoms with E-state index >= 15 is 0 Å². The average Bonchev–Trinajstić information content (AvgIpc) is 3.38. The SMILES string of the molecule is CCCCCCCCCC/C=C\CCCCCCCCCCCCCCCCCCCCCCCCCC(=O)NC(COP(=O)([O-])OCC[N+](C)(C)C)C(O)/C=C/CC/C=C/CC/C=C/CCCCCCCCCCC. The standard InChI is InChI=1S/C67H129N2O6P/c1-6-8-10-12-14-16-18-20-22-24-26-27-28-29-30-31-32-33-34-35-36-37-38-39-40-41-43-45-47-49-51-53-55-57-59-61-67(71)68-65(64-75-76(72,73)74-63-62-69(3,4)5)66(70)60-58-56-54-52-50-48-46-44-42-25-23-21-19-17-15-13-11-9-7-2/h24,26,42,44,50,52,58,60,65-66,70H,6-23,25,27-41,43,45-49,51,53-57,59,61-64H2,1-5H3,(H-,68,71,72,73)/b26-24-,44-42+,52-50+,60-58+. The number of unbranched alkanes of at least 4 members (excludes halogenated alkanes) is 42. The summed E-state index contributed by atoms with van der Waals surface area (Å²) in [5, 5.41) is 13.9. The van der Waals surface area contributed by atoms with Gasteiger partial charge in [-0.1, -0.05) is 294 Å². The minimum absolute atomic E-state index is 0.00811. The number of nitrogens with one attached hydrogen (secondary N) is 1. The highest BCUT2D eigenvalue weighted by molar-refractivity contribution is 7.45. The molecule has 0 spiro atoms. The lowest BCUT2D eigenvalue weighted by Gasteiger charge is -2.29. The Bertz CT molecular complexity index is 1380. The third-order valence-corrected chi connectivity index (χ3v) is 16.0. The Morgan fingerprint density at radius 2 is 0.737 bits per heavy atom. The lowest BCUT2D eigenvalue weighted by Crippen LogP contribution is -2.45. The number of phosphoric ester groups is 1. The first-order valence-corrected chi connectivity index (χ1v) is 34.5. The molecule has 0 bridgehead atoms. The second-order valence-electron chi connectivity index (χ2n) is 23.8. The molecule has 0 radical (unpaired) electrons. The fraction of sp³-hybridized carbons (Fsp3) is 0.866. The van der Waals surface area contributed by atoms with Crippen LogP contribution in [-0.4, -0.2) is 68.5 Å². The zero-order chi connectivity index (χ0) is 55.6. The lowest BCUT2D eigenvalue weighted by atomic mass is 10.0. The van der Waals surface area contributed by atoms with Gasteiger partial charge in [0.25, 0.3) is 7.82 Å². The van der Waals surface area contributed by atoms with Crippen LogP contribution in [0.1, 0.15) is 322 Å². The predicted molar refractivity (Wildman–Crippen MR) is 330 cm³/mol. The van der Waals surface area contributed by atoms with Gasteiger partial charge in [0.05, 0.1) is 39.9 Å². The van der Waals surface area contributed by atoms with Crippen LogP contribution in [0.15, 0.2) is 48.6 Å². The quantitative estimate of drug-likeness (QED) is 0.0272. The van der Waals surface area contributed by atoms with Crippen molar-refractivity contribution in [1.82, 2.24) is 5.32 Å². The van der Waals surface area contributed by atoms with Crippen LogP contribution in [0.25, 0.3) is 0 Å². The van der Waals surface area contributed by atoms with E-state index in [4.69, 9.17) is 9.05 Å². The molecule has 3 unspecified atom stereocenters. The predicted octanol–water partition coefficient (Wildman–Crippen LogP) is 20.0. The van der Waals surface area contributed by atoms with Gasteiger partial charge in [-0.15, -0.1) is 0 Å². The van der Waals surface area contributed by atoms with E-state index in [0.717, 1.165) is 44.9 Å². The van der Waals surface area contributed by atoms with Crippen molar-refractivity contribution < 1.29 is 32.9 Å². The number of allylic oxidation sites excluding steroid dienone is 7. The van der Waals surface area contributed by atoms with Gasteiger partial charge in [-0.25, -0.2) is 0 Å². The molecule has 76 heavy (non-hydrogen) atoms. The summed E-state index contributed by atoms with van der Waals surface area (Å²) in [5.41, 5.74) is 0. The minimum atomic E-state index is -4.61. The van der Waals surface area contributed by atoms with Crippen LogP contribution in [0.5, 0.6) is 0 Å². The molecule has 0 aromatic rings. The van der Waals surface area contributed by atoms with Crippen molar-refractivity contribution in [2.75, 3.05) is 40.9 Å². The van der Waals surface area contributed by atoms with Crippen LogP contribution in [0, 0.1) is 0 Å². The van der Waals surface area contributed by atoms with E-state index < -0.39 is 26.6 Å². The number of rotatable bonds is 61. The molecular formula is C67H129N2O6P. The molecule has 0 aliphatic heterocycles. The van der Waals surface area contributed by atoms with Crippen LogP contribution in [-0.2, 0) is 18.4 Å². The largest absolute Gasteiger partial charge is 0.756 e. The highest BCUT2D eigenvalue weighted by Crippen LogP contribution is 2.38. The van der Waals surface area contributed by atoms with E-state index in [1.165, 1.54) is 257 Å². The molecule has 0 aromatic carbocycles. The van der Waals surface area contributed by atoms with Crippen LogP contribution in [0.3, 0.4) is 0 Å². The molecule has 3 atom stereocenters. The number of nitrogens with zero attached hydrogens (tertiary/aromatic N) is 1. The van der Waals surface area contributed by atoms with Crippen molar-refractivity contribution in [3.63, 3.8) is 0 Å². The van der Waals surface area contributed by atoms with Crippen LogP contribution in [0.2, 0.25) is 0 Å². The minimum Gasteiger partial charge on any atom is -0.756 e. The molecule has 8 nitrogen and oxygen atoms in total. The Morgan fingerprint density at radius 1 is 0.447 bits per heavy atom. The summed E-state index contributed by atoms with van der Waals surface area (Å²) in [6, 6.07) is -0.910. The van der Waals surface area contributed by atoms with E-state index in [1.807, 2.05) is 27.2 Å². The number of aliphatic hydroxyl groups is 1. The fourth-order valence-corrected chi connectivity index (χ4v) is 10.6. The highest BCUT2D eigenvalue weighted by Gasteiger charge is 2.23. The molecule has 9 heteroatoms. The summed E-state index contributed by atoms with van der Waals surface area (Å²) in [5.74, 6) is -0.206. The summed E-state index contributed by atoms with van der Waals surface area (Å²) in [6.45, 7) is 4.65. The summed E-state index contributed by atoms with van der Waals surface area (Å²) < 4.78 is 23.4. The molecule has 0 heterocycles. The van der Waals surface area contributed by atoms with Gasteiger partial charge in [0.1, 0.15) is 13.2 Å². The maximum absolute atomic E-state index is 13.0. The second kappa shape index (κ2) is 58.1. The Kier molecular flexibility index (Phi) is 56.9. The van der Waals surface area contributed by atoms with Gasteiger partial charge in [-0.3, -0.25) is 9.36 Å².